The Morgan fingerprint density at radius 2 is 1.76 bits per heavy atom. The van der Waals surface area contributed by atoms with Gasteiger partial charge < -0.3 is 9.47 Å². The predicted molar refractivity (Wildman–Crippen MR) is 103 cm³/mol. The molecule has 0 spiro atoms. The molecule has 2 aromatic rings. The maximum Gasteiger partial charge on any atom is 0.253 e. The molecule has 1 fully saturated rings. The van der Waals surface area contributed by atoms with E-state index in [0.29, 0.717) is 0 Å². The molecule has 1 aliphatic heterocycles. The largest absolute Gasteiger partial charge is 0.339 e. The van der Waals surface area contributed by atoms with Crippen molar-refractivity contribution in [1.29, 1.82) is 0 Å². The van der Waals surface area contributed by atoms with E-state index in [1.54, 1.807) is 35.6 Å². The normalized spacial score (nSPS) is 14.5. The summed E-state index contributed by atoms with van der Waals surface area (Å²) in [4.78, 5) is 26.2. The Morgan fingerprint density at radius 3 is 2.48 bits per heavy atom. The van der Waals surface area contributed by atoms with Gasteiger partial charge in [-0.2, -0.15) is 11.8 Å². The number of benzene rings is 1. The molecule has 2 heterocycles. The van der Waals surface area contributed by atoms with E-state index in [1.807, 2.05) is 29.2 Å². The number of hydrogen-bond donors (Lipinski definition) is 0. The molecule has 25 heavy (non-hydrogen) atoms. The van der Waals surface area contributed by atoms with E-state index in [2.05, 4.69) is 6.07 Å². The lowest BCUT2D eigenvalue weighted by molar-refractivity contribution is 0.0724. The molecule has 0 N–H and O–H groups in total. The number of piperidine rings is 1. The van der Waals surface area contributed by atoms with Crippen molar-refractivity contribution in [2.24, 2.45) is 7.05 Å². The number of amides is 1. The van der Waals surface area contributed by atoms with Gasteiger partial charge in [0.2, 0.25) is 0 Å². The quantitative estimate of drug-likeness (QED) is 0.824. The van der Waals surface area contributed by atoms with Crippen molar-refractivity contribution in [1.82, 2.24) is 9.47 Å². The number of aromatic nitrogens is 1. The van der Waals surface area contributed by atoms with Crippen LogP contribution in [0.1, 0.15) is 40.7 Å². The minimum atomic E-state index is 0.0206. The average molecular weight is 356 g/mol. The maximum atomic E-state index is 12.6. The van der Waals surface area contributed by atoms with Crippen molar-refractivity contribution < 1.29 is 4.79 Å². The maximum absolute atomic E-state index is 12.6. The van der Waals surface area contributed by atoms with Crippen molar-refractivity contribution in [3.05, 3.63) is 69.6 Å². The Bertz CT molecular complexity index is 794. The molecule has 5 heteroatoms. The van der Waals surface area contributed by atoms with Crippen LogP contribution in [0, 0.1) is 0 Å². The number of pyridine rings is 1. The van der Waals surface area contributed by atoms with Crippen LogP contribution in [0.3, 0.4) is 0 Å². The number of hydrogen-bond acceptors (Lipinski definition) is 3. The summed E-state index contributed by atoms with van der Waals surface area (Å²) in [6, 6.07) is 11.6. The fourth-order valence-electron chi connectivity index (χ4n) is 3.04. The predicted octanol–water partition coefficient (Wildman–Crippen LogP) is 3.44. The molecule has 1 amide bonds. The highest BCUT2D eigenvalue weighted by molar-refractivity contribution is 7.97. The lowest BCUT2D eigenvalue weighted by Gasteiger charge is -2.26. The number of carbonyl (C=O) groups is 1. The number of likely N-dealkylation sites (tertiary alicyclic amines) is 1. The summed E-state index contributed by atoms with van der Waals surface area (Å²) in [5.74, 6) is 1.77. The van der Waals surface area contributed by atoms with Crippen LogP contribution in [0.25, 0.3) is 0 Å². The molecule has 0 radical (unpaired) electrons. The van der Waals surface area contributed by atoms with Gasteiger partial charge in [-0.3, -0.25) is 9.59 Å². The summed E-state index contributed by atoms with van der Waals surface area (Å²) in [6.45, 7) is 1.75. The molecule has 0 aliphatic carbocycles. The third-order valence-corrected chi connectivity index (χ3v) is 5.60. The van der Waals surface area contributed by atoms with Crippen LogP contribution in [-0.4, -0.2) is 28.5 Å². The van der Waals surface area contributed by atoms with Crippen LogP contribution in [0.4, 0.5) is 0 Å². The fourth-order valence-corrected chi connectivity index (χ4v) is 3.97. The standard InChI is InChI=1S/C20H24N2O2S/c1-21-11-8-17(13-19(21)23)15-25-14-16-6-5-7-18(12-16)20(24)22-9-3-2-4-10-22/h5-8,11-13H,2-4,9-10,14-15H2,1H3. The van der Waals surface area contributed by atoms with Crippen molar-refractivity contribution >= 4 is 17.7 Å². The Hall–Kier alpha value is -2.01. The number of thioether (sulfide) groups is 1. The topological polar surface area (TPSA) is 42.3 Å². The van der Waals surface area contributed by atoms with E-state index in [-0.39, 0.29) is 11.5 Å². The zero-order valence-corrected chi connectivity index (χ0v) is 15.4. The third kappa shape index (κ3) is 4.75. The highest BCUT2D eigenvalue weighted by Crippen LogP contribution is 2.19. The van der Waals surface area contributed by atoms with Crippen molar-refractivity contribution in [2.45, 2.75) is 30.8 Å². The molecule has 1 aromatic heterocycles. The van der Waals surface area contributed by atoms with Gasteiger partial charge in [0.15, 0.2) is 0 Å². The molecule has 0 saturated carbocycles. The van der Waals surface area contributed by atoms with Gasteiger partial charge in [-0.1, -0.05) is 12.1 Å². The number of rotatable bonds is 5. The lowest BCUT2D eigenvalue weighted by Crippen LogP contribution is -2.35. The smallest absolute Gasteiger partial charge is 0.253 e. The highest BCUT2D eigenvalue weighted by atomic mass is 32.2. The molecule has 1 aromatic carbocycles. The van der Waals surface area contributed by atoms with E-state index >= 15 is 0 Å². The Morgan fingerprint density at radius 1 is 1.04 bits per heavy atom. The van der Waals surface area contributed by atoms with Crippen molar-refractivity contribution in [2.75, 3.05) is 13.1 Å². The number of nitrogens with zero attached hydrogens (tertiary/aromatic N) is 2. The van der Waals surface area contributed by atoms with Gasteiger partial charge in [-0.15, -0.1) is 0 Å². The molecule has 0 bridgehead atoms. The van der Waals surface area contributed by atoms with E-state index in [4.69, 9.17) is 0 Å². The first-order chi connectivity index (χ1) is 12.1. The lowest BCUT2D eigenvalue weighted by atomic mass is 10.1. The summed E-state index contributed by atoms with van der Waals surface area (Å²) in [5, 5.41) is 0. The first-order valence-electron chi connectivity index (χ1n) is 8.75. The van der Waals surface area contributed by atoms with E-state index in [1.165, 1.54) is 6.42 Å². The first-order valence-corrected chi connectivity index (χ1v) is 9.90. The summed E-state index contributed by atoms with van der Waals surface area (Å²) in [5.41, 5.74) is 2.99. The molecule has 1 aliphatic rings. The second kappa shape index (κ2) is 8.39. The molecule has 4 nitrogen and oxygen atoms in total. The molecule has 132 valence electrons. The van der Waals surface area contributed by atoms with Crippen LogP contribution in [-0.2, 0) is 18.6 Å². The van der Waals surface area contributed by atoms with Gasteiger partial charge in [-0.25, -0.2) is 0 Å². The Labute approximate surface area is 152 Å². The second-order valence-electron chi connectivity index (χ2n) is 6.53. The second-order valence-corrected chi connectivity index (χ2v) is 7.52. The van der Waals surface area contributed by atoms with Gasteiger partial charge in [-0.05, 0) is 48.6 Å². The van der Waals surface area contributed by atoms with Crippen molar-refractivity contribution in [3.8, 4) is 0 Å². The average Bonchev–Trinajstić information content (AvgIpc) is 2.65. The van der Waals surface area contributed by atoms with E-state index < -0.39 is 0 Å². The van der Waals surface area contributed by atoms with Crippen LogP contribution in [0.2, 0.25) is 0 Å². The van der Waals surface area contributed by atoms with Crippen molar-refractivity contribution in [3.63, 3.8) is 0 Å². The van der Waals surface area contributed by atoms with Crippen LogP contribution in [0.5, 0.6) is 0 Å². The van der Waals surface area contributed by atoms with Gasteiger partial charge in [0.25, 0.3) is 11.5 Å². The molecule has 0 atom stereocenters. The number of aryl methyl sites for hydroxylation is 1. The Balaban J connectivity index is 1.58. The van der Waals surface area contributed by atoms with Crippen LogP contribution >= 0.6 is 11.8 Å². The van der Waals surface area contributed by atoms with E-state index in [0.717, 1.165) is 54.1 Å². The zero-order valence-electron chi connectivity index (χ0n) is 14.6. The number of carbonyl (C=O) groups excluding carboxylic acids is 1. The first kappa shape index (κ1) is 17.8. The minimum Gasteiger partial charge on any atom is -0.339 e. The van der Waals surface area contributed by atoms with Gasteiger partial charge in [0.05, 0.1) is 0 Å². The summed E-state index contributed by atoms with van der Waals surface area (Å²) < 4.78 is 1.57. The SMILES string of the molecule is Cn1ccc(CSCc2cccc(C(=O)N3CCCCC3)c2)cc1=O. The monoisotopic (exact) mass is 356 g/mol. The minimum absolute atomic E-state index is 0.0206. The summed E-state index contributed by atoms with van der Waals surface area (Å²) in [6.07, 6.45) is 5.24. The van der Waals surface area contributed by atoms with Crippen LogP contribution < -0.4 is 5.56 Å². The third-order valence-electron chi connectivity index (χ3n) is 4.52. The van der Waals surface area contributed by atoms with E-state index in [9.17, 15) is 9.59 Å². The summed E-state index contributed by atoms with van der Waals surface area (Å²) in [7, 11) is 1.75. The molecule has 3 rings (SSSR count). The van der Waals surface area contributed by atoms with Gasteiger partial charge in [0.1, 0.15) is 0 Å². The molecular weight excluding hydrogens is 332 g/mol. The fraction of sp³-hybridized carbons (Fsp3) is 0.400. The van der Waals surface area contributed by atoms with Gasteiger partial charge >= 0.3 is 0 Å². The highest BCUT2D eigenvalue weighted by Gasteiger charge is 2.18. The summed E-state index contributed by atoms with van der Waals surface area (Å²) >= 11 is 1.76. The van der Waals surface area contributed by atoms with Crippen LogP contribution in [0.15, 0.2) is 47.4 Å². The molecular formula is C20H24N2O2S. The van der Waals surface area contributed by atoms with Gasteiger partial charge in [0, 0.05) is 49.5 Å². The molecule has 0 unspecified atom stereocenters. The Kier molecular flexibility index (Phi) is 5.97. The molecule has 1 saturated heterocycles. The zero-order chi connectivity index (χ0) is 17.6.